The van der Waals surface area contributed by atoms with E-state index in [4.69, 9.17) is 4.74 Å². The topological polar surface area (TPSA) is 41.8 Å². The lowest BCUT2D eigenvalue weighted by molar-refractivity contribution is 0.136. The molecule has 0 saturated carbocycles. The first-order valence-corrected chi connectivity index (χ1v) is 5.93. The van der Waals surface area contributed by atoms with E-state index in [-0.39, 0.29) is 11.4 Å². The van der Waals surface area contributed by atoms with Gasteiger partial charge in [-0.1, -0.05) is 36.3 Å². The molecule has 0 fully saturated rings. The summed E-state index contributed by atoms with van der Waals surface area (Å²) in [5.41, 5.74) is -1.09. The highest BCUT2D eigenvalue weighted by Crippen LogP contribution is 2.29. The van der Waals surface area contributed by atoms with Crippen LogP contribution in [0.1, 0.15) is 26.3 Å². The third kappa shape index (κ3) is 2.25. The van der Waals surface area contributed by atoms with Gasteiger partial charge in [0.15, 0.2) is 0 Å². The number of rotatable bonds is 2. The fraction of sp³-hybridized carbons (Fsp3) is 0.400. The van der Waals surface area contributed by atoms with Crippen molar-refractivity contribution in [2.75, 3.05) is 6.61 Å². The molecule has 3 heteroatoms. The molecule has 3 nitrogen and oxygen atoms in total. The van der Waals surface area contributed by atoms with Crippen molar-refractivity contribution >= 4 is 5.90 Å². The van der Waals surface area contributed by atoms with E-state index in [0.29, 0.717) is 12.2 Å². The lowest BCUT2D eigenvalue weighted by atomic mass is 9.94. The van der Waals surface area contributed by atoms with E-state index in [9.17, 15) is 5.11 Å². The lowest BCUT2D eigenvalue weighted by Crippen LogP contribution is -2.34. The number of hydrogen-bond donors (Lipinski definition) is 1. The average Bonchev–Trinajstić information content (AvgIpc) is 2.71. The molecule has 1 N–H and O–H groups in total. The summed E-state index contributed by atoms with van der Waals surface area (Å²) in [6.07, 6.45) is 0. The summed E-state index contributed by atoms with van der Waals surface area (Å²) in [6.45, 7) is 6.08. The molecule has 0 saturated heterocycles. The molecule has 2 rings (SSSR count). The van der Waals surface area contributed by atoms with Crippen LogP contribution in [0, 0.1) is 11.8 Å². The van der Waals surface area contributed by atoms with Crippen LogP contribution in [0.4, 0.5) is 0 Å². The Hall–Kier alpha value is -1.79. The molecule has 18 heavy (non-hydrogen) atoms. The van der Waals surface area contributed by atoms with Crippen molar-refractivity contribution in [2.45, 2.75) is 31.9 Å². The standard InChI is InChI=1S/C15H17NO2/c1-4-10-15(17,12-8-6-5-7-9-12)13-16-14(2,3)11-18-13/h5-9,17H,11H2,1-3H3. The highest BCUT2D eigenvalue weighted by Gasteiger charge is 2.41. The van der Waals surface area contributed by atoms with Gasteiger partial charge in [-0.25, -0.2) is 4.99 Å². The van der Waals surface area contributed by atoms with Crippen molar-refractivity contribution in [3.05, 3.63) is 35.9 Å². The highest BCUT2D eigenvalue weighted by molar-refractivity contribution is 5.91. The van der Waals surface area contributed by atoms with Crippen LogP contribution in [0.5, 0.6) is 0 Å². The molecule has 1 aliphatic rings. The lowest BCUT2D eigenvalue weighted by Gasteiger charge is -2.21. The predicted octanol–water partition coefficient (Wildman–Crippen LogP) is 2.10. The van der Waals surface area contributed by atoms with E-state index in [0.717, 1.165) is 0 Å². The second-order valence-electron chi connectivity index (χ2n) is 4.97. The van der Waals surface area contributed by atoms with E-state index in [2.05, 4.69) is 16.8 Å². The number of nitrogens with zero attached hydrogens (tertiary/aromatic N) is 1. The molecule has 0 bridgehead atoms. The Bertz CT molecular complexity index is 522. The van der Waals surface area contributed by atoms with Crippen LogP contribution < -0.4 is 0 Å². The van der Waals surface area contributed by atoms with Gasteiger partial charge < -0.3 is 9.84 Å². The summed E-state index contributed by atoms with van der Waals surface area (Å²) in [5.74, 6) is 5.84. The zero-order valence-electron chi connectivity index (χ0n) is 10.9. The summed E-state index contributed by atoms with van der Waals surface area (Å²) >= 11 is 0. The van der Waals surface area contributed by atoms with E-state index < -0.39 is 5.60 Å². The third-order valence-electron chi connectivity index (χ3n) is 2.77. The summed E-state index contributed by atoms with van der Waals surface area (Å²) in [5, 5.41) is 10.8. The van der Waals surface area contributed by atoms with Crippen molar-refractivity contribution in [1.29, 1.82) is 0 Å². The smallest absolute Gasteiger partial charge is 0.235 e. The molecule has 0 amide bonds. The van der Waals surface area contributed by atoms with Crippen LogP contribution >= 0.6 is 0 Å². The van der Waals surface area contributed by atoms with Gasteiger partial charge in [0, 0.05) is 5.56 Å². The van der Waals surface area contributed by atoms with Gasteiger partial charge in [0.2, 0.25) is 11.5 Å². The van der Waals surface area contributed by atoms with Crippen molar-refractivity contribution in [3.8, 4) is 11.8 Å². The minimum absolute atomic E-state index is 0.285. The van der Waals surface area contributed by atoms with E-state index >= 15 is 0 Å². The van der Waals surface area contributed by atoms with Gasteiger partial charge in [-0.05, 0) is 20.8 Å². The number of aliphatic hydroxyl groups is 1. The van der Waals surface area contributed by atoms with Gasteiger partial charge in [0.25, 0.3) is 0 Å². The minimum Gasteiger partial charge on any atom is -0.475 e. The molecule has 0 spiro atoms. The maximum atomic E-state index is 10.8. The molecule has 0 radical (unpaired) electrons. The van der Waals surface area contributed by atoms with Crippen LogP contribution in [0.3, 0.4) is 0 Å². The average molecular weight is 243 g/mol. The van der Waals surface area contributed by atoms with Crippen molar-refractivity contribution in [3.63, 3.8) is 0 Å². The normalized spacial score (nSPS) is 20.1. The highest BCUT2D eigenvalue weighted by atomic mass is 16.5. The summed E-state index contributed by atoms with van der Waals surface area (Å²) in [7, 11) is 0. The summed E-state index contributed by atoms with van der Waals surface area (Å²) in [6, 6.07) is 9.25. The van der Waals surface area contributed by atoms with Gasteiger partial charge in [-0.15, -0.1) is 5.92 Å². The molecule has 0 aliphatic carbocycles. The largest absolute Gasteiger partial charge is 0.475 e. The SMILES string of the molecule is CC#CC(O)(C1=NC(C)(C)CO1)c1ccccc1. The maximum Gasteiger partial charge on any atom is 0.235 e. The fourth-order valence-corrected chi connectivity index (χ4v) is 1.88. The van der Waals surface area contributed by atoms with Crippen molar-refractivity contribution in [1.82, 2.24) is 0 Å². The zero-order chi connectivity index (χ0) is 13.2. The molecule has 1 unspecified atom stereocenters. The zero-order valence-corrected chi connectivity index (χ0v) is 10.9. The molecule has 1 aromatic carbocycles. The monoisotopic (exact) mass is 243 g/mol. The Morgan fingerprint density at radius 2 is 2.00 bits per heavy atom. The molecular formula is C15H17NO2. The number of hydrogen-bond acceptors (Lipinski definition) is 3. The fourth-order valence-electron chi connectivity index (χ4n) is 1.88. The van der Waals surface area contributed by atoms with Crippen LogP contribution in [-0.2, 0) is 10.3 Å². The van der Waals surface area contributed by atoms with Gasteiger partial charge in [-0.3, -0.25) is 0 Å². The third-order valence-corrected chi connectivity index (χ3v) is 2.77. The van der Waals surface area contributed by atoms with Crippen molar-refractivity contribution < 1.29 is 9.84 Å². The second-order valence-corrected chi connectivity index (χ2v) is 4.97. The van der Waals surface area contributed by atoms with Crippen LogP contribution in [-0.4, -0.2) is 23.2 Å². The maximum absolute atomic E-state index is 10.8. The first-order valence-electron chi connectivity index (χ1n) is 5.93. The number of ether oxygens (including phenoxy) is 1. The van der Waals surface area contributed by atoms with Crippen molar-refractivity contribution in [2.24, 2.45) is 4.99 Å². The van der Waals surface area contributed by atoms with Crippen LogP contribution in [0.2, 0.25) is 0 Å². The molecule has 94 valence electrons. The molecular weight excluding hydrogens is 226 g/mol. The molecule has 0 aromatic heterocycles. The summed E-state index contributed by atoms with van der Waals surface area (Å²) < 4.78 is 5.54. The Kier molecular flexibility index (Phi) is 3.14. The first kappa shape index (κ1) is 12.7. The predicted molar refractivity (Wildman–Crippen MR) is 71.3 cm³/mol. The van der Waals surface area contributed by atoms with Crippen LogP contribution in [0.25, 0.3) is 0 Å². The van der Waals surface area contributed by atoms with E-state index in [1.165, 1.54) is 0 Å². The second kappa shape index (κ2) is 4.47. The number of aliphatic imine (C=N–C) groups is 1. The summed E-state index contributed by atoms with van der Waals surface area (Å²) in [4.78, 5) is 4.43. The molecule has 1 heterocycles. The molecule has 1 aliphatic heterocycles. The number of benzene rings is 1. The van der Waals surface area contributed by atoms with E-state index in [1.54, 1.807) is 6.92 Å². The van der Waals surface area contributed by atoms with Gasteiger partial charge in [0.1, 0.15) is 6.61 Å². The van der Waals surface area contributed by atoms with Crippen LogP contribution in [0.15, 0.2) is 35.3 Å². The first-order chi connectivity index (χ1) is 8.48. The Morgan fingerprint density at radius 1 is 1.33 bits per heavy atom. The quantitative estimate of drug-likeness (QED) is 0.808. The van der Waals surface area contributed by atoms with Gasteiger partial charge in [0.05, 0.1) is 5.54 Å². The van der Waals surface area contributed by atoms with Gasteiger partial charge in [-0.2, -0.15) is 0 Å². The Balaban J connectivity index is 2.49. The van der Waals surface area contributed by atoms with Gasteiger partial charge >= 0.3 is 0 Å². The molecule has 1 atom stereocenters. The minimum atomic E-state index is -1.45. The Morgan fingerprint density at radius 3 is 2.50 bits per heavy atom. The van der Waals surface area contributed by atoms with E-state index in [1.807, 2.05) is 44.2 Å². The Labute approximate surface area is 108 Å². The molecule has 1 aromatic rings.